The molecule has 2 heterocycles. The van der Waals surface area contributed by atoms with Gasteiger partial charge in [0.25, 0.3) is 21.8 Å². The number of aromatic carboxylic acids is 1. The third kappa shape index (κ3) is 5.14. The van der Waals surface area contributed by atoms with Crippen LogP contribution < -0.4 is 15.0 Å². The number of rotatable bonds is 9. The van der Waals surface area contributed by atoms with Gasteiger partial charge in [0.1, 0.15) is 10.6 Å². The number of carboxylic acids is 1. The molecule has 2 atom stereocenters. The first kappa shape index (κ1) is 27.6. The third-order valence-corrected chi connectivity index (χ3v) is 7.62. The maximum atomic E-state index is 13.8. The van der Waals surface area contributed by atoms with E-state index in [4.69, 9.17) is 9.47 Å². The van der Waals surface area contributed by atoms with Gasteiger partial charge in [0, 0.05) is 7.05 Å². The van der Waals surface area contributed by atoms with E-state index in [0.29, 0.717) is 11.3 Å². The van der Waals surface area contributed by atoms with E-state index in [0.717, 1.165) is 12.5 Å². The maximum Gasteiger partial charge on any atom is 0.418 e. The van der Waals surface area contributed by atoms with Gasteiger partial charge in [0.05, 0.1) is 24.0 Å². The second-order valence-electron chi connectivity index (χ2n) is 8.79. The molecular weight excluding hydrogens is 532 g/mol. The summed E-state index contributed by atoms with van der Waals surface area (Å²) in [5, 5.41) is 11.9. The number of anilines is 2. The Morgan fingerprint density at radius 1 is 1.21 bits per heavy atom. The van der Waals surface area contributed by atoms with Gasteiger partial charge in [0.15, 0.2) is 18.0 Å². The molecule has 2 N–H and O–H groups in total. The minimum atomic E-state index is -4.32. The van der Waals surface area contributed by atoms with Crippen LogP contribution in [0.1, 0.15) is 36.5 Å². The average Bonchev–Trinajstić information content (AvgIpc) is 3.18. The van der Waals surface area contributed by atoms with E-state index < -0.39 is 51.9 Å². The van der Waals surface area contributed by atoms with E-state index in [1.807, 2.05) is 6.92 Å². The zero-order valence-electron chi connectivity index (χ0n) is 21.3. The Kier molecular flexibility index (Phi) is 7.58. The minimum Gasteiger partial charge on any atom is -0.495 e. The highest BCUT2D eigenvalue weighted by molar-refractivity contribution is 7.90. The van der Waals surface area contributed by atoms with Crippen LogP contribution >= 0.6 is 0 Å². The number of imide groups is 1. The van der Waals surface area contributed by atoms with Crippen LogP contribution in [-0.4, -0.2) is 74.4 Å². The number of nitrogens with zero attached hydrogens (tertiary/aromatic N) is 3. The van der Waals surface area contributed by atoms with Gasteiger partial charge in [-0.05, 0) is 43.2 Å². The number of cyclic esters (lactones) is 1. The maximum absolute atomic E-state index is 13.8. The van der Waals surface area contributed by atoms with Gasteiger partial charge in [0.2, 0.25) is 0 Å². The summed E-state index contributed by atoms with van der Waals surface area (Å²) in [4.78, 5) is 53.3. The monoisotopic (exact) mass is 558 g/mol. The number of carbonyl (C=O) groups excluding carboxylic acids is 3. The number of carboxylic acid groups (broad SMARTS) is 1. The summed E-state index contributed by atoms with van der Waals surface area (Å²) in [6.45, 7) is 1.89. The van der Waals surface area contributed by atoms with Crippen molar-refractivity contribution in [2.45, 2.75) is 43.2 Å². The van der Waals surface area contributed by atoms with Gasteiger partial charge in [-0.3, -0.25) is 9.59 Å². The van der Waals surface area contributed by atoms with E-state index in [2.05, 4.69) is 9.71 Å². The summed E-state index contributed by atoms with van der Waals surface area (Å²) in [7, 11) is -1.58. The Morgan fingerprint density at radius 2 is 1.92 bits per heavy atom. The lowest BCUT2D eigenvalue weighted by atomic mass is 10.1. The predicted molar refractivity (Wildman–Crippen MR) is 138 cm³/mol. The Balaban J connectivity index is 1.83. The number of hydrogen-bond acceptors (Lipinski definition) is 9. The molecule has 2 unspecified atom stereocenters. The number of benzene rings is 2. The number of hydrogen-bond donors (Lipinski definition) is 2. The Hall–Kier alpha value is -4.46. The van der Waals surface area contributed by atoms with E-state index in [9.17, 15) is 32.7 Å². The minimum absolute atomic E-state index is 0.0835. The summed E-state index contributed by atoms with van der Waals surface area (Å²) in [5.41, 5.74) is -0.0897. The molecule has 14 heteroatoms. The zero-order valence-corrected chi connectivity index (χ0v) is 22.1. The highest BCUT2D eigenvalue weighted by Gasteiger charge is 2.51. The predicted octanol–water partition coefficient (Wildman–Crippen LogP) is 2.48. The molecule has 2 aliphatic heterocycles. The van der Waals surface area contributed by atoms with Crippen LogP contribution in [-0.2, 0) is 24.3 Å². The molecule has 3 amide bonds. The van der Waals surface area contributed by atoms with Gasteiger partial charge in [-0.1, -0.05) is 25.5 Å². The fourth-order valence-electron chi connectivity index (χ4n) is 4.31. The van der Waals surface area contributed by atoms with Crippen molar-refractivity contribution in [2.24, 2.45) is 4.40 Å². The van der Waals surface area contributed by atoms with Gasteiger partial charge in [-0.2, -0.15) is 8.42 Å². The standard InChI is InChI=1S/C25H26N4O9S/c1-4-5-9-18-23(31)29(25(34)38-18)20(21-27-39(35,36)19-10-7-6-8-16(19)28(21)2)22(30)26-15-13-14(24(32)33)11-12-17(15)37-3/h6-8,10-13,18,20H,4-5,9H2,1-3H3,(H,26,30)(H,32,33). The molecule has 206 valence electrons. The van der Waals surface area contributed by atoms with Crippen molar-refractivity contribution < 1.29 is 42.2 Å². The number of carbonyl (C=O) groups is 4. The van der Waals surface area contributed by atoms with Crippen LogP contribution in [0.15, 0.2) is 51.8 Å². The van der Waals surface area contributed by atoms with Gasteiger partial charge < -0.3 is 24.8 Å². The molecule has 0 bridgehead atoms. The second-order valence-corrected chi connectivity index (χ2v) is 10.4. The Labute approximate surface area is 224 Å². The van der Waals surface area contributed by atoms with Crippen molar-refractivity contribution in [1.82, 2.24) is 4.90 Å². The number of amides is 3. The number of methoxy groups -OCH3 is 1. The van der Waals surface area contributed by atoms with Crippen LogP contribution in [0, 0.1) is 0 Å². The van der Waals surface area contributed by atoms with Crippen molar-refractivity contribution in [3.8, 4) is 5.75 Å². The first-order valence-corrected chi connectivity index (χ1v) is 13.4. The van der Waals surface area contributed by atoms with E-state index in [1.54, 1.807) is 6.07 Å². The highest BCUT2D eigenvalue weighted by Crippen LogP contribution is 2.34. The first-order chi connectivity index (χ1) is 18.5. The van der Waals surface area contributed by atoms with Crippen molar-refractivity contribution in [3.63, 3.8) is 0 Å². The number of para-hydroxylation sites is 1. The molecule has 0 aliphatic carbocycles. The van der Waals surface area contributed by atoms with Crippen LogP contribution in [0.4, 0.5) is 16.2 Å². The molecular formula is C25H26N4O9S. The number of amidine groups is 1. The fourth-order valence-corrected chi connectivity index (χ4v) is 5.60. The van der Waals surface area contributed by atoms with Crippen molar-refractivity contribution in [1.29, 1.82) is 0 Å². The lowest BCUT2D eigenvalue weighted by Crippen LogP contribution is -2.57. The topological polar surface area (TPSA) is 172 Å². The summed E-state index contributed by atoms with van der Waals surface area (Å²) >= 11 is 0. The van der Waals surface area contributed by atoms with Crippen LogP contribution in [0.5, 0.6) is 5.75 Å². The largest absolute Gasteiger partial charge is 0.495 e. The van der Waals surface area contributed by atoms with E-state index >= 15 is 0 Å². The molecule has 2 aromatic rings. The number of unbranched alkanes of at least 4 members (excludes halogenated alkanes) is 1. The molecule has 0 saturated carbocycles. The second kappa shape index (κ2) is 10.7. The van der Waals surface area contributed by atoms with Gasteiger partial charge in [-0.15, -0.1) is 4.40 Å². The molecule has 0 spiro atoms. The molecule has 39 heavy (non-hydrogen) atoms. The quantitative estimate of drug-likeness (QED) is 0.466. The number of nitrogens with one attached hydrogen (secondary N) is 1. The van der Waals surface area contributed by atoms with Crippen LogP contribution in [0.3, 0.4) is 0 Å². The zero-order chi connectivity index (χ0) is 28.5. The molecule has 1 saturated heterocycles. The number of fused-ring (bicyclic) bond motifs is 1. The molecule has 0 aromatic heterocycles. The number of likely N-dealkylation sites (N-methyl/N-ethyl adjacent to an activating group) is 1. The lowest BCUT2D eigenvalue weighted by Gasteiger charge is -2.33. The molecule has 4 rings (SSSR count). The smallest absolute Gasteiger partial charge is 0.418 e. The van der Waals surface area contributed by atoms with Gasteiger partial charge in [-0.25, -0.2) is 14.5 Å². The normalized spacial score (nSPS) is 18.6. The average molecular weight is 559 g/mol. The Bertz CT molecular complexity index is 1490. The lowest BCUT2D eigenvalue weighted by molar-refractivity contribution is -0.133. The first-order valence-electron chi connectivity index (χ1n) is 11.9. The Morgan fingerprint density at radius 3 is 2.59 bits per heavy atom. The van der Waals surface area contributed by atoms with Crippen molar-refractivity contribution in [2.75, 3.05) is 24.4 Å². The SMILES string of the molecule is CCCCC1OC(=O)N(C(C(=O)Nc2cc(C(=O)O)ccc2OC)C2=NS(=O)(=O)c3ccccc3N2C)C1=O. The summed E-state index contributed by atoms with van der Waals surface area (Å²) in [6.07, 6.45) is -0.800. The summed E-state index contributed by atoms with van der Waals surface area (Å²) in [5.74, 6) is -3.49. The number of sulfonamides is 1. The molecule has 2 aromatic carbocycles. The van der Waals surface area contributed by atoms with Crippen molar-refractivity contribution >= 4 is 51.1 Å². The van der Waals surface area contributed by atoms with E-state index in [-0.39, 0.29) is 34.0 Å². The third-order valence-electron chi connectivity index (χ3n) is 6.29. The van der Waals surface area contributed by atoms with Crippen LogP contribution in [0.2, 0.25) is 0 Å². The van der Waals surface area contributed by atoms with Gasteiger partial charge >= 0.3 is 12.1 Å². The summed E-state index contributed by atoms with van der Waals surface area (Å²) in [6, 6.07) is 7.74. The molecule has 0 radical (unpaired) electrons. The molecule has 2 aliphatic rings. The van der Waals surface area contributed by atoms with Crippen LogP contribution in [0.25, 0.3) is 0 Å². The highest BCUT2D eigenvalue weighted by atomic mass is 32.2. The fraction of sp³-hybridized carbons (Fsp3) is 0.320. The number of ether oxygens (including phenoxy) is 2. The molecule has 1 fully saturated rings. The van der Waals surface area contributed by atoms with Crippen molar-refractivity contribution in [3.05, 3.63) is 48.0 Å². The van der Waals surface area contributed by atoms with E-state index in [1.165, 1.54) is 49.4 Å². The summed E-state index contributed by atoms with van der Waals surface area (Å²) < 4.78 is 40.4. The molecule has 13 nitrogen and oxygen atoms in total.